The van der Waals surface area contributed by atoms with Gasteiger partial charge in [-0.15, -0.1) is 0 Å². The van der Waals surface area contributed by atoms with Gasteiger partial charge < -0.3 is 14.8 Å². The van der Waals surface area contributed by atoms with Crippen molar-refractivity contribution in [3.8, 4) is 5.75 Å². The Bertz CT molecular complexity index is 736. The maximum absolute atomic E-state index is 12.3. The van der Waals surface area contributed by atoms with Gasteiger partial charge in [-0.25, -0.2) is 0 Å². The number of ether oxygens (including phenoxy) is 2. The summed E-state index contributed by atoms with van der Waals surface area (Å²) in [5.41, 5.74) is 1.82. The van der Waals surface area contributed by atoms with Gasteiger partial charge >= 0.3 is 0 Å². The molecule has 0 bridgehead atoms. The molecule has 0 saturated heterocycles. The Balaban J connectivity index is 1.89. The second-order valence-electron chi connectivity index (χ2n) is 5.71. The van der Waals surface area contributed by atoms with Crippen LogP contribution >= 0.6 is 23.2 Å². The Hall–Kier alpha value is -1.75. The largest absolute Gasteiger partial charge is 0.497 e. The van der Waals surface area contributed by atoms with E-state index in [4.69, 9.17) is 32.7 Å². The summed E-state index contributed by atoms with van der Waals surface area (Å²) < 4.78 is 10.8. The molecule has 0 aliphatic carbocycles. The monoisotopic (exact) mass is 381 g/mol. The normalized spacial score (nSPS) is 13.2. The van der Waals surface area contributed by atoms with Crippen molar-refractivity contribution in [2.24, 2.45) is 0 Å². The molecule has 4 nitrogen and oxygen atoms in total. The highest BCUT2D eigenvalue weighted by atomic mass is 35.5. The molecule has 1 N–H and O–H groups in total. The van der Waals surface area contributed by atoms with Gasteiger partial charge in [0.1, 0.15) is 11.9 Å². The fraction of sp³-hybridized carbons (Fsp3) is 0.316. The zero-order valence-electron chi connectivity index (χ0n) is 14.4. The summed E-state index contributed by atoms with van der Waals surface area (Å²) in [5, 5.41) is 3.86. The third-order valence-electron chi connectivity index (χ3n) is 3.81. The second-order valence-corrected chi connectivity index (χ2v) is 6.52. The minimum atomic E-state index is -0.587. The molecule has 0 unspecified atom stereocenters. The zero-order chi connectivity index (χ0) is 18.4. The molecule has 0 fully saturated rings. The second kappa shape index (κ2) is 9.09. The van der Waals surface area contributed by atoms with E-state index in [0.717, 1.165) is 16.9 Å². The topological polar surface area (TPSA) is 47.6 Å². The summed E-state index contributed by atoms with van der Waals surface area (Å²) in [6.07, 6.45) is -0.587. The van der Waals surface area contributed by atoms with Gasteiger partial charge in [0.05, 0.1) is 29.8 Å². The number of carbonyl (C=O) groups is 1. The van der Waals surface area contributed by atoms with Crippen LogP contribution in [0, 0.1) is 0 Å². The summed E-state index contributed by atoms with van der Waals surface area (Å²) in [4.78, 5) is 12.3. The van der Waals surface area contributed by atoms with Crippen molar-refractivity contribution in [2.75, 3.05) is 7.11 Å². The molecule has 0 spiro atoms. The zero-order valence-corrected chi connectivity index (χ0v) is 15.9. The standard InChI is InChI=1S/C19H21Cl2NO3/c1-12(15-7-8-17(20)18(21)10-15)22-19(23)13(2)25-11-14-5-4-6-16(9-14)24-3/h4-10,12-13H,11H2,1-3H3,(H,22,23)/t12-,13-/m1/s1. The van der Waals surface area contributed by atoms with Crippen LogP contribution in [0.1, 0.15) is 31.0 Å². The third-order valence-corrected chi connectivity index (χ3v) is 4.54. The summed E-state index contributed by atoms with van der Waals surface area (Å²) >= 11 is 11.9. The van der Waals surface area contributed by atoms with Crippen LogP contribution in [0.4, 0.5) is 0 Å². The highest BCUT2D eigenvalue weighted by molar-refractivity contribution is 6.42. The van der Waals surface area contributed by atoms with Crippen LogP contribution < -0.4 is 10.1 Å². The van der Waals surface area contributed by atoms with Gasteiger partial charge in [-0.3, -0.25) is 4.79 Å². The molecule has 0 saturated carbocycles. The maximum atomic E-state index is 12.3. The summed E-state index contributed by atoms with van der Waals surface area (Å²) in [6.45, 7) is 3.93. The van der Waals surface area contributed by atoms with E-state index in [1.807, 2.05) is 37.3 Å². The number of benzene rings is 2. The number of methoxy groups -OCH3 is 1. The quantitative estimate of drug-likeness (QED) is 0.750. The summed E-state index contributed by atoms with van der Waals surface area (Å²) in [7, 11) is 1.61. The molecule has 0 aliphatic rings. The third kappa shape index (κ3) is 5.63. The Labute approximate surface area is 158 Å². The first-order valence-electron chi connectivity index (χ1n) is 7.90. The van der Waals surface area contributed by atoms with E-state index in [2.05, 4.69) is 5.32 Å². The number of halogens is 2. The van der Waals surface area contributed by atoms with Crippen molar-refractivity contribution >= 4 is 29.1 Å². The summed E-state index contributed by atoms with van der Waals surface area (Å²) in [6, 6.07) is 12.6. The Morgan fingerprint density at radius 3 is 2.56 bits per heavy atom. The first-order valence-corrected chi connectivity index (χ1v) is 8.66. The maximum Gasteiger partial charge on any atom is 0.249 e. The van der Waals surface area contributed by atoms with Crippen molar-refractivity contribution in [1.82, 2.24) is 5.32 Å². The first-order chi connectivity index (χ1) is 11.9. The number of rotatable bonds is 7. The molecule has 6 heteroatoms. The lowest BCUT2D eigenvalue weighted by Gasteiger charge is -2.19. The minimum Gasteiger partial charge on any atom is -0.497 e. The SMILES string of the molecule is COc1cccc(CO[C@H](C)C(=O)N[C@H](C)c2ccc(Cl)c(Cl)c2)c1. The lowest BCUT2D eigenvalue weighted by Crippen LogP contribution is -2.36. The van der Waals surface area contributed by atoms with Gasteiger partial charge in [0.2, 0.25) is 5.91 Å². The van der Waals surface area contributed by atoms with E-state index < -0.39 is 6.10 Å². The fourth-order valence-corrected chi connectivity index (χ4v) is 2.56. The average Bonchev–Trinajstić information content (AvgIpc) is 2.61. The molecular formula is C19H21Cl2NO3. The highest BCUT2D eigenvalue weighted by Crippen LogP contribution is 2.25. The van der Waals surface area contributed by atoms with Gasteiger partial charge in [-0.2, -0.15) is 0 Å². The van der Waals surface area contributed by atoms with Crippen LogP contribution in [0.3, 0.4) is 0 Å². The number of carbonyl (C=O) groups excluding carboxylic acids is 1. The molecule has 25 heavy (non-hydrogen) atoms. The predicted molar refractivity (Wildman–Crippen MR) is 100 cm³/mol. The Morgan fingerprint density at radius 2 is 1.88 bits per heavy atom. The predicted octanol–water partition coefficient (Wildman–Crippen LogP) is 4.78. The lowest BCUT2D eigenvalue weighted by atomic mass is 10.1. The van der Waals surface area contributed by atoms with Crippen molar-refractivity contribution in [3.63, 3.8) is 0 Å². The Kier molecular flexibility index (Phi) is 7.12. The number of hydrogen-bond acceptors (Lipinski definition) is 3. The molecule has 0 heterocycles. The van der Waals surface area contributed by atoms with Crippen molar-refractivity contribution in [3.05, 3.63) is 63.6 Å². The van der Waals surface area contributed by atoms with E-state index >= 15 is 0 Å². The van der Waals surface area contributed by atoms with Gasteiger partial charge in [-0.1, -0.05) is 41.4 Å². The molecule has 0 aromatic heterocycles. The van der Waals surface area contributed by atoms with Crippen LogP contribution in [0.25, 0.3) is 0 Å². The molecule has 134 valence electrons. The molecule has 2 aromatic rings. The van der Waals surface area contributed by atoms with Crippen LogP contribution in [-0.2, 0) is 16.1 Å². The van der Waals surface area contributed by atoms with Gasteiger partial charge in [0.15, 0.2) is 0 Å². The van der Waals surface area contributed by atoms with Crippen LogP contribution in [-0.4, -0.2) is 19.1 Å². The van der Waals surface area contributed by atoms with Crippen LogP contribution in [0.2, 0.25) is 10.0 Å². The van der Waals surface area contributed by atoms with Gasteiger partial charge in [0, 0.05) is 0 Å². The average molecular weight is 382 g/mol. The Morgan fingerprint density at radius 1 is 1.12 bits per heavy atom. The fourth-order valence-electron chi connectivity index (χ4n) is 2.25. The molecule has 1 amide bonds. The number of amides is 1. The molecule has 0 aliphatic heterocycles. The summed E-state index contributed by atoms with van der Waals surface area (Å²) in [5.74, 6) is 0.563. The molecular weight excluding hydrogens is 361 g/mol. The van der Waals surface area contributed by atoms with Gasteiger partial charge in [0.25, 0.3) is 0 Å². The highest BCUT2D eigenvalue weighted by Gasteiger charge is 2.17. The molecule has 2 aromatic carbocycles. The molecule has 2 atom stereocenters. The van der Waals surface area contributed by atoms with E-state index in [-0.39, 0.29) is 11.9 Å². The number of hydrogen-bond donors (Lipinski definition) is 1. The molecule has 2 rings (SSSR count). The van der Waals surface area contributed by atoms with E-state index in [9.17, 15) is 4.79 Å². The lowest BCUT2D eigenvalue weighted by molar-refractivity contribution is -0.133. The minimum absolute atomic E-state index is 0.193. The molecule has 0 radical (unpaired) electrons. The van der Waals surface area contributed by atoms with E-state index in [1.165, 1.54) is 0 Å². The van der Waals surface area contributed by atoms with E-state index in [0.29, 0.717) is 16.7 Å². The van der Waals surface area contributed by atoms with Crippen molar-refractivity contribution in [2.45, 2.75) is 32.6 Å². The van der Waals surface area contributed by atoms with Gasteiger partial charge in [-0.05, 0) is 49.2 Å². The van der Waals surface area contributed by atoms with E-state index in [1.54, 1.807) is 26.2 Å². The smallest absolute Gasteiger partial charge is 0.249 e. The van der Waals surface area contributed by atoms with Crippen molar-refractivity contribution in [1.29, 1.82) is 0 Å². The first kappa shape index (κ1) is 19.6. The van der Waals surface area contributed by atoms with Crippen LogP contribution in [0.5, 0.6) is 5.75 Å². The van der Waals surface area contributed by atoms with Crippen LogP contribution in [0.15, 0.2) is 42.5 Å². The van der Waals surface area contributed by atoms with Crippen molar-refractivity contribution < 1.29 is 14.3 Å². The number of nitrogens with one attached hydrogen (secondary N) is 1.